The first kappa shape index (κ1) is 14.3. The van der Waals surface area contributed by atoms with Crippen molar-refractivity contribution in [1.29, 1.82) is 0 Å². The zero-order valence-electron chi connectivity index (χ0n) is 12.5. The molecule has 1 aromatic carbocycles. The molecule has 2 heterocycles. The van der Waals surface area contributed by atoms with E-state index in [0.29, 0.717) is 0 Å². The molecule has 4 heteroatoms. The van der Waals surface area contributed by atoms with Gasteiger partial charge in [-0.05, 0) is 62.0 Å². The Morgan fingerprint density at radius 3 is 2.48 bits per heavy atom. The maximum atomic E-state index is 12.9. The average molecular weight is 287 g/mol. The summed E-state index contributed by atoms with van der Waals surface area (Å²) in [5, 5.41) is 4.22. The number of benzene rings is 1. The quantitative estimate of drug-likeness (QED) is 0.862. The molecule has 0 unspecified atom stereocenters. The summed E-state index contributed by atoms with van der Waals surface area (Å²) >= 11 is 0. The zero-order chi connectivity index (χ0) is 14.7. The van der Waals surface area contributed by atoms with Gasteiger partial charge in [0.1, 0.15) is 5.82 Å². The van der Waals surface area contributed by atoms with E-state index in [1.165, 1.54) is 24.1 Å². The van der Waals surface area contributed by atoms with Crippen molar-refractivity contribution in [2.24, 2.45) is 13.0 Å². The van der Waals surface area contributed by atoms with Crippen LogP contribution in [-0.4, -0.2) is 27.8 Å². The van der Waals surface area contributed by atoms with Gasteiger partial charge in [0, 0.05) is 19.8 Å². The second-order valence-corrected chi connectivity index (χ2v) is 6.00. The van der Waals surface area contributed by atoms with E-state index in [1.54, 1.807) is 12.1 Å². The fourth-order valence-corrected chi connectivity index (χ4v) is 3.09. The molecule has 1 aliphatic rings. The highest BCUT2D eigenvalue weighted by Crippen LogP contribution is 2.22. The maximum Gasteiger partial charge on any atom is 0.123 e. The third kappa shape index (κ3) is 3.70. The molecule has 0 radical (unpaired) electrons. The minimum absolute atomic E-state index is 0.148. The highest BCUT2D eigenvalue weighted by atomic mass is 19.1. The molecular weight excluding hydrogens is 265 g/mol. The van der Waals surface area contributed by atoms with Crippen molar-refractivity contribution in [1.82, 2.24) is 14.7 Å². The van der Waals surface area contributed by atoms with E-state index in [4.69, 9.17) is 0 Å². The first-order valence-corrected chi connectivity index (χ1v) is 7.64. The molecule has 1 fully saturated rings. The third-order valence-corrected chi connectivity index (χ3v) is 4.45. The van der Waals surface area contributed by atoms with E-state index >= 15 is 0 Å². The molecule has 0 amide bonds. The van der Waals surface area contributed by atoms with Crippen molar-refractivity contribution in [3.8, 4) is 0 Å². The Labute approximate surface area is 125 Å². The molecule has 0 aliphatic carbocycles. The molecule has 112 valence electrons. The van der Waals surface area contributed by atoms with E-state index in [-0.39, 0.29) is 5.82 Å². The number of likely N-dealkylation sites (tertiary alicyclic amines) is 1. The summed E-state index contributed by atoms with van der Waals surface area (Å²) in [6.07, 6.45) is 5.36. The summed E-state index contributed by atoms with van der Waals surface area (Å²) in [6.45, 7) is 3.26. The molecule has 0 atom stereocenters. The van der Waals surface area contributed by atoms with Gasteiger partial charge in [-0.25, -0.2) is 4.39 Å². The molecule has 21 heavy (non-hydrogen) atoms. The maximum absolute atomic E-state index is 12.9. The standard InChI is InChI=1S/C17H22FN3/c1-20-17(6-9-19-20)13-21-10-7-15(8-11-21)12-14-2-4-16(18)5-3-14/h2-6,9,15H,7-8,10-13H2,1H3. The Kier molecular flexibility index (Phi) is 4.34. The third-order valence-electron chi connectivity index (χ3n) is 4.45. The van der Waals surface area contributed by atoms with Crippen LogP contribution in [0, 0.1) is 11.7 Å². The van der Waals surface area contributed by atoms with E-state index < -0.39 is 0 Å². The lowest BCUT2D eigenvalue weighted by Gasteiger charge is -2.32. The summed E-state index contributed by atoms with van der Waals surface area (Å²) in [7, 11) is 2.00. The normalized spacial score (nSPS) is 17.2. The van der Waals surface area contributed by atoms with Crippen LogP contribution in [0.4, 0.5) is 4.39 Å². The fraction of sp³-hybridized carbons (Fsp3) is 0.471. The number of hydrogen-bond donors (Lipinski definition) is 0. The van der Waals surface area contributed by atoms with E-state index in [1.807, 2.05) is 30.1 Å². The summed E-state index contributed by atoms with van der Waals surface area (Å²) in [5.74, 6) is 0.572. The van der Waals surface area contributed by atoms with Crippen molar-refractivity contribution in [2.45, 2.75) is 25.8 Å². The summed E-state index contributed by atoms with van der Waals surface area (Å²) in [6, 6.07) is 9.04. The minimum atomic E-state index is -0.148. The average Bonchev–Trinajstić information content (AvgIpc) is 2.89. The van der Waals surface area contributed by atoms with Gasteiger partial charge in [0.2, 0.25) is 0 Å². The predicted molar refractivity (Wildman–Crippen MR) is 81.3 cm³/mol. The summed E-state index contributed by atoms with van der Waals surface area (Å²) in [4.78, 5) is 2.50. The highest BCUT2D eigenvalue weighted by Gasteiger charge is 2.20. The number of hydrogen-bond acceptors (Lipinski definition) is 2. The number of piperidine rings is 1. The van der Waals surface area contributed by atoms with Gasteiger partial charge in [-0.3, -0.25) is 9.58 Å². The van der Waals surface area contributed by atoms with Crippen molar-refractivity contribution in [3.63, 3.8) is 0 Å². The number of halogens is 1. The van der Waals surface area contributed by atoms with Crippen LogP contribution in [0.3, 0.4) is 0 Å². The monoisotopic (exact) mass is 287 g/mol. The van der Waals surface area contributed by atoms with Gasteiger partial charge in [0.25, 0.3) is 0 Å². The first-order chi connectivity index (χ1) is 10.2. The van der Waals surface area contributed by atoms with Crippen molar-refractivity contribution < 1.29 is 4.39 Å². The lowest BCUT2D eigenvalue weighted by atomic mass is 9.90. The Balaban J connectivity index is 1.49. The van der Waals surface area contributed by atoms with Crippen molar-refractivity contribution in [2.75, 3.05) is 13.1 Å². The first-order valence-electron chi connectivity index (χ1n) is 7.64. The molecule has 1 saturated heterocycles. The topological polar surface area (TPSA) is 21.1 Å². The van der Waals surface area contributed by atoms with Gasteiger partial charge in [-0.1, -0.05) is 12.1 Å². The SMILES string of the molecule is Cn1nccc1CN1CCC(Cc2ccc(F)cc2)CC1. The van der Waals surface area contributed by atoms with Gasteiger partial charge < -0.3 is 0 Å². The fourth-order valence-electron chi connectivity index (χ4n) is 3.09. The van der Waals surface area contributed by atoms with Crippen LogP contribution in [-0.2, 0) is 20.0 Å². The van der Waals surface area contributed by atoms with E-state index in [0.717, 1.165) is 32.0 Å². The van der Waals surface area contributed by atoms with Crippen LogP contribution in [0.2, 0.25) is 0 Å². The molecule has 0 saturated carbocycles. The Morgan fingerprint density at radius 1 is 1.14 bits per heavy atom. The van der Waals surface area contributed by atoms with Gasteiger partial charge in [-0.15, -0.1) is 0 Å². The number of nitrogens with zero attached hydrogens (tertiary/aromatic N) is 3. The molecular formula is C17H22FN3. The van der Waals surface area contributed by atoms with Crippen LogP contribution in [0.5, 0.6) is 0 Å². The van der Waals surface area contributed by atoms with Crippen LogP contribution >= 0.6 is 0 Å². The lowest BCUT2D eigenvalue weighted by molar-refractivity contribution is 0.173. The van der Waals surface area contributed by atoms with Gasteiger partial charge in [0.05, 0.1) is 5.69 Å². The Hall–Kier alpha value is -1.68. The molecule has 0 N–H and O–H groups in total. The van der Waals surface area contributed by atoms with Gasteiger partial charge in [0.15, 0.2) is 0 Å². The second kappa shape index (κ2) is 6.39. The molecule has 0 spiro atoms. The molecule has 3 rings (SSSR count). The van der Waals surface area contributed by atoms with Crippen molar-refractivity contribution >= 4 is 0 Å². The van der Waals surface area contributed by atoms with Crippen LogP contribution in [0.15, 0.2) is 36.5 Å². The van der Waals surface area contributed by atoms with Gasteiger partial charge in [-0.2, -0.15) is 5.10 Å². The highest BCUT2D eigenvalue weighted by molar-refractivity contribution is 5.16. The smallest absolute Gasteiger partial charge is 0.123 e. The predicted octanol–water partition coefficient (Wildman–Crippen LogP) is 3.01. The van der Waals surface area contributed by atoms with Gasteiger partial charge >= 0.3 is 0 Å². The van der Waals surface area contributed by atoms with Crippen molar-refractivity contribution in [3.05, 3.63) is 53.6 Å². The number of rotatable bonds is 4. The minimum Gasteiger partial charge on any atom is -0.298 e. The van der Waals surface area contributed by atoms with Crippen LogP contribution in [0.25, 0.3) is 0 Å². The molecule has 0 bridgehead atoms. The summed E-state index contributed by atoms with van der Waals surface area (Å²) in [5.41, 5.74) is 2.52. The summed E-state index contributed by atoms with van der Waals surface area (Å²) < 4.78 is 14.9. The second-order valence-electron chi connectivity index (χ2n) is 6.00. The molecule has 2 aromatic rings. The van der Waals surface area contributed by atoms with Crippen LogP contribution in [0.1, 0.15) is 24.1 Å². The number of aromatic nitrogens is 2. The Morgan fingerprint density at radius 2 is 1.86 bits per heavy atom. The largest absolute Gasteiger partial charge is 0.298 e. The number of aryl methyl sites for hydroxylation is 1. The zero-order valence-corrected chi connectivity index (χ0v) is 12.5. The lowest BCUT2D eigenvalue weighted by Crippen LogP contribution is -2.34. The van der Waals surface area contributed by atoms with E-state index in [9.17, 15) is 4.39 Å². The molecule has 1 aliphatic heterocycles. The molecule has 1 aromatic heterocycles. The Bertz CT molecular complexity index is 568. The molecule has 3 nitrogen and oxygen atoms in total. The van der Waals surface area contributed by atoms with Crippen LogP contribution < -0.4 is 0 Å². The van der Waals surface area contributed by atoms with E-state index in [2.05, 4.69) is 16.1 Å².